The Hall–Kier alpha value is -1.39. The average Bonchev–Trinajstić information content (AvgIpc) is 2.26. The van der Waals surface area contributed by atoms with Gasteiger partial charge >= 0.3 is 11.7 Å². The lowest BCUT2D eigenvalue weighted by atomic mass is 10.2. The molecule has 0 saturated heterocycles. The minimum Gasteiger partial charge on any atom is -0.538 e. The van der Waals surface area contributed by atoms with Crippen molar-refractivity contribution in [3.05, 3.63) is 17.4 Å². The number of hydrogen-bond acceptors (Lipinski definition) is 3. The highest BCUT2D eigenvalue weighted by Crippen LogP contribution is 2.37. The van der Waals surface area contributed by atoms with Gasteiger partial charge in [0.05, 0.1) is 7.11 Å². The molecule has 0 aliphatic rings. The number of ether oxygens (including phenoxy) is 1. The second-order valence-corrected chi connectivity index (χ2v) is 10.2. The fourth-order valence-corrected chi connectivity index (χ4v) is 2.03. The van der Waals surface area contributed by atoms with Gasteiger partial charge in [0.1, 0.15) is 0 Å². The Bertz CT molecular complexity index is 402. The molecule has 0 fully saturated rings. The maximum atomic E-state index is 11.5. The largest absolute Gasteiger partial charge is 0.538 e. The maximum Gasteiger partial charge on any atom is 0.438 e. The predicted molar refractivity (Wildman–Crippen MR) is 72.7 cm³/mol. The van der Waals surface area contributed by atoms with Crippen molar-refractivity contribution < 1.29 is 18.7 Å². The lowest BCUT2D eigenvalue weighted by Gasteiger charge is -2.36. The molecule has 102 valence electrons. The van der Waals surface area contributed by atoms with E-state index in [0.717, 1.165) is 0 Å². The summed E-state index contributed by atoms with van der Waals surface area (Å²) in [4.78, 5) is 14.4. The summed E-state index contributed by atoms with van der Waals surface area (Å²) in [5.41, 5.74) is 8.71. The molecule has 6 heteroatoms. The van der Waals surface area contributed by atoms with Crippen LogP contribution in [0.15, 0.2) is 11.8 Å². The van der Waals surface area contributed by atoms with Gasteiger partial charge in [-0.15, -0.1) is 0 Å². The summed E-state index contributed by atoms with van der Waals surface area (Å²) in [6.07, 6.45) is 1.60. The molecule has 5 nitrogen and oxygen atoms in total. The summed E-state index contributed by atoms with van der Waals surface area (Å²) in [6, 6.07) is 0. The van der Waals surface area contributed by atoms with Gasteiger partial charge in [-0.05, 0) is 31.1 Å². The molecule has 0 heterocycles. The van der Waals surface area contributed by atoms with Crippen LogP contribution in [0, 0.1) is 0 Å². The summed E-state index contributed by atoms with van der Waals surface area (Å²) in [6.45, 7) is 12.1. The molecule has 0 atom stereocenters. The Morgan fingerprint density at radius 2 is 1.83 bits per heavy atom. The van der Waals surface area contributed by atoms with Crippen molar-refractivity contribution in [2.45, 2.75) is 45.8 Å². The van der Waals surface area contributed by atoms with E-state index in [4.69, 9.17) is 9.96 Å². The standard InChI is InChI=1S/C12H22N2O3Si/c1-8-9(10(14-13)11(15)16-5)17-18(6,7)12(2,3)4/h8H,1-7H3/b9-8-. The van der Waals surface area contributed by atoms with Gasteiger partial charge in [0.15, 0.2) is 5.76 Å². The Labute approximate surface area is 110 Å². The minimum atomic E-state index is -2.09. The van der Waals surface area contributed by atoms with Crippen LogP contribution in [0.3, 0.4) is 0 Å². The normalized spacial score (nSPS) is 12.7. The quantitative estimate of drug-likeness (QED) is 0.197. The summed E-state index contributed by atoms with van der Waals surface area (Å²) < 4.78 is 10.5. The summed E-state index contributed by atoms with van der Waals surface area (Å²) in [7, 11) is -0.865. The first-order valence-electron chi connectivity index (χ1n) is 5.76. The first-order valence-corrected chi connectivity index (χ1v) is 8.67. The molecular formula is C12H22N2O3Si. The molecule has 0 aliphatic carbocycles. The van der Waals surface area contributed by atoms with Gasteiger partial charge in [0.25, 0.3) is 8.32 Å². The number of methoxy groups -OCH3 is 1. The van der Waals surface area contributed by atoms with Crippen molar-refractivity contribution >= 4 is 20.0 Å². The van der Waals surface area contributed by atoms with Crippen LogP contribution in [-0.2, 0) is 14.0 Å². The van der Waals surface area contributed by atoms with E-state index >= 15 is 0 Å². The summed E-state index contributed by atoms with van der Waals surface area (Å²) in [5, 5.41) is -0.0159. The summed E-state index contributed by atoms with van der Waals surface area (Å²) in [5.74, 6) is -0.458. The SMILES string of the molecule is C/C=C(\O[Si](C)(C)C(C)(C)C)C(=[N+]=[N-])C(=O)OC. The smallest absolute Gasteiger partial charge is 0.438 e. The predicted octanol–water partition coefficient (Wildman–Crippen LogP) is 2.76. The molecule has 0 amide bonds. The zero-order valence-corrected chi connectivity index (χ0v) is 13.2. The first-order chi connectivity index (χ1) is 8.10. The molecule has 0 rings (SSSR count). The number of carbonyl (C=O) groups excluding carboxylic acids is 1. The second kappa shape index (κ2) is 5.98. The Morgan fingerprint density at radius 3 is 2.11 bits per heavy atom. The van der Waals surface area contributed by atoms with Gasteiger partial charge < -0.3 is 14.7 Å². The zero-order chi connectivity index (χ0) is 14.6. The van der Waals surface area contributed by atoms with Crippen molar-refractivity contribution in [1.29, 1.82) is 0 Å². The first kappa shape index (κ1) is 16.6. The molecule has 0 unspecified atom stereocenters. The average molecular weight is 270 g/mol. The third kappa shape index (κ3) is 3.82. The van der Waals surface area contributed by atoms with Crippen LogP contribution in [0.2, 0.25) is 18.1 Å². The van der Waals surface area contributed by atoms with E-state index in [9.17, 15) is 4.79 Å². The van der Waals surface area contributed by atoms with E-state index in [1.54, 1.807) is 13.0 Å². The molecule has 18 heavy (non-hydrogen) atoms. The fraction of sp³-hybridized carbons (Fsp3) is 0.667. The van der Waals surface area contributed by atoms with E-state index in [-0.39, 0.29) is 16.5 Å². The maximum absolute atomic E-state index is 11.5. The van der Waals surface area contributed by atoms with Gasteiger partial charge in [0.2, 0.25) is 0 Å². The number of carbonyl (C=O) groups is 1. The van der Waals surface area contributed by atoms with Crippen LogP contribution in [0.4, 0.5) is 0 Å². The highest BCUT2D eigenvalue weighted by Gasteiger charge is 2.42. The van der Waals surface area contributed by atoms with E-state index in [0.29, 0.717) is 0 Å². The van der Waals surface area contributed by atoms with Crippen LogP contribution < -0.4 is 0 Å². The number of hydrogen-bond donors (Lipinski definition) is 0. The molecule has 0 N–H and O–H groups in total. The lowest BCUT2D eigenvalue weighted by Crippen LogP contribution is -2.42. The van der Waals surface area contributed by atoms with E-state index in [1.807, 2.05) is 13.1 Å². The van der Waals surface area contributed by atoms with Crippen LogP contribution in [0.25, 0.3) is 5.53 Å². The molecule has 0 aliphatic heterocycles. The van der Waals surface area contributed by atoms with Crippen molar-refractivity contribution in [3.63, 3.8) is 0 Å². The third-order valence-electron chi connectivity index (χ3n) is 3.15. The Balaban J connectivity index is 5.30. The highest BCUT2D eigenvalue weighted by atomic mass is 28.4. The molecule has 0 radical (unpaired) electrons. The molecule has 0 bridgehead atoms. The van der Waals surface area contributed by atoms with Crippen molar-refractivity contribution in [2.24, 2.45) is 0 Å². The Kier molecular flexibility index (Phi) is 5.51. The lowest BCUT2D eigenvalue weighted by molar-refractivity contribution is -0.137. The fourth-order valence-electron chi connectivity index (χ4n) is 0.959. The van der Waals surface area contributed by atoms with Crippen LogP contribution in [-0.4, -0.2) is 31.9 Å². The molecule has 0 saturated carbocycles. The number of rotatable bonds is 4. The third-order valence-corrected chi connectivity index (χ3v) is 7.49. The van der Waals surface area contributed by atoms with Gasteiger partial charge in [-0.3, -0.25) is 0 Å². The van der Waals surface area contributed by atoms with Crippen LogP contribution >= 0.6 is 0 Å². The number of allylic oxidation sites excluding steroid dienone is 1. The molecule has 0 aromatic carbocycles. The monoisotopic (exact) mass is 270 g/mol. The Morgan fingerprint density at radius 1 is 1.33 bits per heavy atom. The van der Waals surface area contributed by atoms with E-state index < -0.39 is 14.3 Å². The number of nitrogens with zero attached hydrogens (tertiary/aromatic N) is 2. The second-order valence-electron chi connectivity index (χ2n) is 5.46. The van der Waals surface area contributed by atoms with Crippen molar-refractivity contribution in [1.82, 2.24) is 0 Å². The van der Waals surface area contributed by atoms with Gasteiger partial charge in [-0.2, -0.15) is 4.79 Å². The zero-order valence-electron chi connectivity index (χ0n) is 12.2. The highest BCUT2D eigenvalue weighted by molar-refractivity contribution is 6.74. The molecule has 0 spiro atoms. The van der Waals surface area contributed by atoms with E-state index in [1.165, 1.54) is 7.11 Å². The number of esters is 1. The summed E-state index contributed by atoms with van der Waals surface area (Å²) >= 11 is 0. The molecule has 0 aromatic heterocycles. The van der Waals surface area contributed by atoms with Crippen molar-refractivity contribution in [3.8, 4) is 0 Å². The minimum absolute atomic E-state index is 0.0159. The van der Waals surface area contributed by atoms with Gasteiger partial charge in [0, 0.05) is 0 Å². The van der Waals surface area contributed by atoms with Crippen molar-refractivity contribution in [2.75, 3.05) is 7.11 Å². The van der Waals surface area contributed by atoms with Crippen LogP contribution in [0.5, 0.6) is 0 Å². The topological polar surface area (TPSA) is 71.9 Å². The van der Waals surface area contributed by atoms with Gasteiger partial charge in [-0.1, -0.05) is 20.8 Å². The molecule has 0 aromatic rings. The van der Waals surface area contributed by atoms with Crippen LogP contribution in [0.1, 0.15) is 27.7 Å². The molecular weight excluding hydrogens is 248 g/mol. The van der Waals surface area contributed by atoms with E-state index in [2.05, 4.69) is 30.3 Å². The van der Waals surface area contributed by atoms with Gasteiger partial charge in [-0.25, -0.2) is 4.79 Å².